The molecule has 0 heterocycles. The van der Waals surface area contributed by atoms with Gasteiger partial charge >= 0.3 is 0 Å². The van der Waals surface area contributed by atoms with Crippen LogP contribution in [0.15, 0.2) is 12.1 Å². The molecule has 2 N–H and O–H groups in total. The van der Waals surface area contributed by atoms with Gasteiger partial charge in [0.05, 0.1) is 27.4 Å². The van der Waals surface area contributed by atoms with Gasteiger partial charge in [0.2, 0.25) is 0 Å². The van der Waals surface area contributed by atoms with E-state index >= 15 is 0 Å². The third-order valence-electron chi connectivity index (χ3n) is 2.45. The molecular weight excluding hydrogens is 222 g/mol. The summed E-state index contributed by atoms with van der Waals surface area (Å²) >= 11 is 0. The third-order valence-corrected chi connectivity index (χ3v) is 2.45. The Balaban J connectivity index is 3.09. The second-order valence-corrected chi connectivity index (χ2v) is 3.53. The summed E-state index contributed by atoms with van der Waals surface area (Å²) in [4.78, 5) is 4.59. The first-order valence-corrected chi connectivity index (χ1v) is 5.31. The minimum absolute atomic E-state index is 0.427. The minimum Gasteiger partial charge on any atom is -0.497 e. The quantitative estimate of drug-likeness (QED) is 0.729. The Kier molecular flexibility index (Phi) is 5.76. The molecule has 0 atom stereocenters. The maximum atomic E-state index is 5.39. The van der Waals surface area contributed by atoms with Crippen LogP contribution in [0.2, 0.25) is 0 Å². The molecule has 0 amide bonds. The summed E-state index contributed by atoms with van der Waals surface area (Å²) in [6.07, 6.45) is 0.660. The fraction of sp³-hybridized carbons (Fsp3) is 0.500. The molecule has 0 saturated carbocycles. The molecule has 1 aromatic carbocycles. The summed E-state index contributed by atoms with van der Waals surface area (Å²) < 4.78 is 15.8. The summed E-state index contributed by atoms with van der Waals surface area (Å²) in [5, 5.41) is 0. The Morgan fingerprint density at radius 2 is 1.76 bits per heavy atom. The minimum atomic E-state index is 0.427. The van der Waals surface area contributed by atoms with Crippen LogP contribution in [0.4, 0.5) is 0 Å². The molecule has 0 fully saturated rings. The Bertz CT molecular complexity index is 355. The van der Waals surface area contributed by atoms with Gasteiger partial charge in [-0.2, -0.15) is 0 Å². The molecule has 0 aromatic heterocycles. The van der Waals surface area contributed by atoms with Crippen LogP contribution >= 0.6 is 0 Å². The monoisotopic (exact) mass is 241 g/mol. The molecule has 5 heteroatoms. The van der Waals surface area contributed by atoms with Gasteiger partial charge < -0.3 is 19.0 Å². The number of nitrogens with two attached hydrogens (primary N) is 1. The highest BCUT2D eigenvalue weighted by atomic mass is 16.6. The van der Waals surface area contributed by atoms with E-state index in [9.17, 15) is 0 Å². The van der Waals surface area contributed by atoms with Gasteiger partial charge in [0.15, 0.2) is 0 Å². The maximum absolute atomic E-state index is 5.39. The van der Waals surface area contributed by atoms with E-state index in [4.69, 9.17) is 20.1 Å². The molecule has 1 aromatic rings. The van der Waals surface area contributed by atoms with E-state index in [1.54, 1.807) is 21.3 Å². The molecule has 0 aliphatic rings. The Hall–Kier alpha value is -1.30. The molecule has 5 nitrogen and oxygen atoms in total. The zero-order valence-electron chi connectivity index (χ0n) is 10.5. The molecule has 0 aliphatic carbocycles. The normalized spacial score (nSPS) is 10.4. The molecule has 0 radical (unpaired) electrons. The van der Waals surface area contributed by atoms with Crippen molar-refractivity contribution < 1.29 is 19.0 Å². The van der Waals surface area contributed by atoms with Crippen LogP contribution in [0.5, 0.6) is 11.5 Å². The average molecular weight is 241 g/mol. The van der Waals surface area contributed by atoms with Gasteiger partial charge in [-0.3, -0.25) is 0 Å². The van der Waals surface area contributed by atoms with Crippen molar-refractivity contribution in [2.24, 2.45) is 5.90 Å². The number of methoxy groups -OCH3 is 3. The van der Waals surface area contributed by atoms with Crippen LogP contribution < -0.4 is 15.4 Å². The summed E-state index contributed by atoms with van der Waals surface area (Å²) in [6.45, 7) is 0.896. The van der Waals surface area contributed by atoms with Crippen molar-refractivity contribution in [2.45, 2.75) is 13.0 Å². The SMILES string of the molecule is COCc1cc(OC)cc(CCON)c1OC. The van der Waals surface area contributed by atoms with Crippen LogP contribution in [-0.2, 0) is 22.6 Å². The average Bonchev–Trinajstić information content (AvgIpc) is 2.36. The lowest BCUT2D eigenvalue weighted by Gasteiger charge is -2.15. The zero-order valence-corrected chi connectivity index (χ0v) is 10.5. The second-order valence-electron chi connectivity index (χ2n) is 3.53. The predicted octanol–water partition coefficient (Wildman–Crippen LogP) is 1.28. The summed E-state index contributed by atoms with van der Waals surface area (Å²) in [5.41, 5.74) is 1.94. The summed E-state index contributed by atoms with van der Waals surface area (Å²) in [7, 11) is 4.90. The van der Waals surface area contributed by atoms with Gasteiger partial charge in [0, 0.05) is 24.7 Å². The van der Waals surface area contributed by atoms with Crippen LogP contribution in [0.3, 0.4) is 0 Å². The van der Waals surface area contributed by atoms with Gasteiger partial charge in [-0.25, -0.2) is 5.90 Å². The van der Waals surface area contributed by atoms with Crippen molar-refractivity contribution in [1.82, 2.24) is 0 Å². The molecule has 0 spiro atoms. The maximum Gasteiger partial charge on any atom is 0.127 e. The number of benzene rings is 1. The van der Waals surface area contributed by atoms with Gasteiger partial charge in [-0.05, 0) is 12.1 Å². The largest absolute Gasteiger partial charge is 0.497 e. The van der Waals surface area contributed by atoms with E-state index in [1.807, 2.05) is 12.1 Å². The molecule has 96 valence electrons. The van der Waals surface area contributed by atoms with Crippen molar-refractivity contribution in [3.05, 3.63) is 23.3 Å². The highest BCUT2D eigenvalue weighted by Crippen LogP contribution is 2.30. The van der Waals surface area contributed by atoms with Crippen LogP contribution in [-0.4, -0.2) is 27.9 Å². The van der Waals surface area contributed by atoms with E-state index < -0.39 is 0 Å². The van der Waals surface area contributed by atoms with Gasteiger partial charge in [0.25, 0.3) is 0 Å². The lowest BCUT2D eigenvalue weighted by atomic mass is 10.1. The first kappa shape index (κ1) is 13.8. The first-order valence-electron chi connectivity index (χ1n) is 5.31. The molecule has 1 rings (SSSR count). The lowest BCUT2D eigenvalue weighted by Crippen LogP contribution is -2.06. The number of hydrogen-bond donors (Lipinski definition) is 1. The van der Waals surface area contributed by atoms with Gasteiger partial charge in [-0.15, -0.1) is 0 Å². The van der Waals surface area contributed by atoms with Crippen LogP contribution in [0, 0.1) is 0 Å². The number of rotatable bonds is 7. The second kappa shape index (κ2) is 7.11. The molecular formula is C12H19NO4. The number of hydrogen-bond acceptors (Lipinski definition) is 5. The summed E-state index contributed by atoms with van der Waals surface area (Å²) in [6, 6.07) is 3.81. The zero-order chi connectivity index (χ0) is 12.7. The van der Waals surface area contributed by atoms with Crippen LogP contribution in [0.25, 0.3) is 0 Å². The topological polar surface area (TPSA) is 62.9 Å². The fourth-order valence-corrected chi connectivity index (χ4v) is 1.72. The fourth-order valence-electron chi connectivity index (χ4n) is 1.72. The Morgan fingerprint density at radius 3 is 2.29 bits per heavy atom. The molecule has 0 aliphatic heterocycles. The van der Waals surface area contributed by atoms with Gasteiger partial charge in [-0.1, -0.05) is 0 Å². The van der Waals surface area contributed by atoms with Crippen molar-refractivity contribution in [3.63, 3.8) is 0 Å². The van der Waals surface area contributed by atoms with E-state index in [2.05, 4.69) is 4.84 Å². The Morgan fingerprint density at radius 1 is 1.06 bits per heavy atom. The van der Waals surface area contributed by atoms with Crippen molar-refractivity contribution >= 4 is 0 Å². The third kappa shape index (κ3) is 3.59. The predicted molar refractivity (Wildman–Crippen MR) is 64.1 cm³/mol. The first-order chi connectivity index (χ1) is 8.26. The van der Waals surface area contributed by atoms with Crippen molar-refractivity contribution in [2.75, 3.05) is 27.9 Å². The number of ether oxygens (including phenoxy) is 3. The van der Waals surface area contributed by atoms with Crippen molar-refractivity contribution in [1.29, 1.82) is 0 Å². The van der Waals surface area contributed by atoms with Gasteiger partial charge in [0.1, 0.15) is 11.5 Å². The van der Waals surface area contributed by atoms with E-state index in [0.717, 1.165) is 22.6 Å². The van der Waals surface area contributed by atoms with E-state index in [1.165, 1.54) is 0 Å². The molecule has 0 bridgehead atoms. The molecule has 17 heavy (non-hydrogen) atoms. The molecule has 0 saturated heterocycles. The smallest absolute Gasteiger partial charge is 0.127 e. The summed E-state index contributed by atoms with van der Waals surface area (Å²) in [5.74, 6) is 6.60. The van der Waals surface area contributed by atoms with Crippen molar-refractivity contribution in [3.8, 4) is 11.5 Å². The standard InChI is InChI=1S/C12H19NO4/c1-14-8-10-7-11(15-2)6-9(4-5-17-13)12(10)16-3/h6-7H,4-5,8,13H2,1-3H3. The Labute approximate surface area is 101 Å². The van der Waals surface area contributed by atoms with Crippen LogP contribution in [0.1, 0.15) is 11.1 Å². The van der Waals surface area contributed by atoms with E-state index in [0.29, 0.717) is 19.6 Å². The van der Waals surface area contributed by atoms with E-state index in [-0.39, 0.29) is 0 Å². The highest BCUT2D eigenvalue weighted by molar-refractivity contribution is 5.47. The molecule has 0 unspecified atom stereocenters. The lowest BCUT2D eigenvalue weighted by molar-refractivity contribution is 0.140. The highest BCUT2D eigenvalue weighted by Gasteiger charge is 2.12.